The van der Waals surface area contributed by atoms with Crippen LogP contribution in [0.5, 0.6) is 0 Å². The van der Waals surface area contributed by atoms with Crippen LogP contribution in [0.25, 0.3) is 0 Å². The van der Waals surface area contributed by atoms with E-state index in [1.807, 2.05) is 44.3 Å². The highest BCUT2D eigenvalue weighted by molar-refractivity contribution is 5.74. The third kappa shape index (κ3) is 3.64. The van der Waals surface area contributed by atoms with E-state index < -0.39 is 0 Å². The molecule has 4 nitrogen and oxygen atoms in total. The van der Waals surface area contributed by atoms with E-state index in [0.29, 0.717) is 6.54 Å². The summed E-state index contributed by atoms with van der Waals surface area (Å²) in [5, 5.41) is 3.19. The molecule has 0 bridgehead atoms. The summed E-state index contributed by atoms with van der Waals surface area (Å²) < 4.78 is 5.84. The molecule has 2 amide bonds. The van der Waals surface area contributed by atoms with Crippen molar-refractivity contribution in [1.29, 1.82) is 0 Å². The molecule has 1 heterocycles. The van der Waals surface area contributed by atoms with E-state index in [2.05, 4.69) is 25.2 Å². The van der Waals surface area contributed by atoms with E-state index in [1.54, 1.807) is 4.90 Å². The van der Waals surface area contributed by atoms with Crippen LogP contribution in [-0.4, -0.2) is 18.0 Å². The van der Waals surface area contributed by atoms with Gasteiger partial charge < -0.3 is 14.6 Å². The van der Waals surface area contributed by atoms with Gasteiger partial charge in [0.1, 0.15) is 11.5 Å². The number of aryl methyl sites for hydroxylation is 1. The van der Waals surface area contributed by atoms with Crippen molar-refractivity contribution < 1.29 is 9.21 Å². The van der Waals surface area contributed by atoms with Gasteiger partial charge in [-0.3, -0.25) is 0 Å². The number of carbonyl (C=O) groups excluding carboxylic acids is 1. The predicted octanol–water partition coefficient (Wildman–Crippen LogP) is 4.44. The Labute approximate surface area is 143 Å². The summed E-state index contributed by atoms with van der Waals surface area (Å²) in [4.78, 5) is 14.4. The Morgan fingerprint density at radius 2 is 2.04 bits per heavy atom. The van der Waals surface area contributed by atoms with Gasteiger partial charge in [0.25, 0.3) is 0 Å². The summed E-state index contributed by atoms with van der Waals surface area (Å²) in [6, 6.07) is 12.0. The minimum atomic E-state index is -0.0497. The standard InChI is InChI=1S/C20H26N2O2/c1-14-10-16-17(11-20(2,3)12-18(16)24-14)21-19(23)22(4)13-15-8-6-5-7-9-15/h5-10,17H,11-13H2,1-4H3,(H,21,23). The van der Waals surface area contributed by atoms with Crippen LogP contribution in [0.1, 0.15) is 49.0 Å². The molecule has 128 valence electrons. The molecule has 1 unspecified atom stereocenters. The molecule has 1 aromatic carbocycles. The Morgan fingerprint density at radius 3 is 2.75 bits per heavy atom. The zero-order chi connectivity index (χ0) is 17.3. The summed E-state index contributed by atoms with van der Waals surface area (Å²) >= 11 is 0. The Kier molecular flexibility index (Phi) is 4.39. The van der Waals surface area contributed by atoms with Gasteiger partial charge in [0, 0.05) is 25.6 Å². The molecule has 0 aliphatic heterocycles. The number of hydrogen-bond acceptors (Lipinski definition) is 2. The smallest absolute Gasteiger partial charge is 0.317 e. The first kappa shape index (κ1) is 16.6. The van der Waals surface area contributed by atoms with Crippen LogP contribution in [0.2, 0.25) is 0 Å². The molecule has 0 spiro atoms. The van der Waals surface area contributed by atoms with Crippen molar-refractivity contribution in [3.8, 4) is 0 Å². The largest absolute Gasteiger partial charge is 0.466 e. The molecule has 1 N–H and O–H groups in total. The maximum Gasteiger partial charge on any atom is 0.317 e. The lowest BCUT2D eigenvalue weighted by atomic mass is 9.75. The minimum absolute atomic E-state index is 0.00641. The van der Waals surface area contributed by atoms with Crippen LogP contribution in [-0.2, 0) is 13.0 Å². The van der Waals surface area contributed by atoms with Gasteiger partial charge in [-0.2, -0.15) is 0 Å². The zero-order valence-electron chi connectivity index (χ0n) is 14.9. The van der Waals surface area contributed by atoms with Crippen molar-refractivity contribution >= 4 is 6.03 Å². The van der Waals surface area contributed by atoms with Crippen molar-refractivity contribution in [3.63, 3.8) is 0 Å². The first-order chi connectivity index (χ1) is 11.3. The number of urea groups is 1. The summed E-state index contributed by atoms with van der Waals surface area (Å²) in [6.07, 6.45) is 1.84. The second kappa shape index (κ2) is 6.34. The monoisotopic (exact) mass is 326 g/mol. The molecule has 1 aliphatic carbocycles. The van der Waals surface area contributed by atoms with Gasteiger partial charge in [-0.1, -0.05) is 44.2 Å². The molecule has 1 atom stereocenters. The molecular weight excluding hydrogens is 300 g/mol. The molecule has 2 aromatic rings. The molecular formula is C20H26N2O2. The van der Waals surface area contributed by atoms with E-state index in [9.17, 15) is 4.79 Å². The lowest BCUT2D eigenvalue weighted by Gasteiger charge is -2.35. The average Bonchev–Trinajstić information content (AvgIpc) is 2.87. The summed E-state index contributed by atoms with van der Waals surface area (Å²) in [5.74, 6) is 1.93. The topological polar surface area (TPSA) is 45.5 Å². The Hall–Kier alpha value is -2.23. The third-order valence-electron chi connectivity index (χ3n) is 4.64. The van der Waals surface area contributed by atoms with Gasteiger partial charge in [0.05, 0.1) is 6.04 Å². The maximum atomic E-state index is 12.6. The van der Waals surface area contributed by atoms with Crippen molar-refractivity contribution in [2.75, 3.05) is 7.05 Å². The highest BCUT2D eigenvalue weighted by atomic mass is 16.3. The van der Waals surface area contributed by atoms with Crippen LogP contribution in [0.3, 0.4) is 0 Å². The normalized spacial score (nSPS) is 18.8. The molecule has 1 aliphatic rings. The van der Waals surface area contributed by atoms with Gasteiger partial charge in [-0.05, 0) is 30.4 Å². The van der Waals surface area contributed by atoms with Gasteiger partial charge in [0.15, 0.2) is 0 Å². The van der Waals surface area contributed by atoms with Crippen molar-refractivity contribution in [2.45, 2.75) is 46.2 Å². The fraction of sp³-hybridized carbons (Fsp3) is 0.450. The zero-order valence-corrected chi connectivity index (χ0v) is 14.9. The number of hydrogen-bond donors (Lipinski definition) is 1. The van der Waals surface area contributed by atoms with E-state index in [-0.39, 0.29) is 17.5 Å². The first-order valence-corrected chi connectivity index (χ1v) is 8.49. The quantitative estimate of drug-likeness (QED) is 0.906. The molecule has 3 rings (SSSR count). The number of fused-ring (bicyclic) bond motifs is 1. The Balaban J connectivity index is 1.71. The van der Waals surface area contributed by atoms with Crippen molar-refractivity contribution in [3.05, 3.63) is 59.0 Å². The van der Waals surface area contributed by atoms with Crippen LogP contribution < -0.4 is 5.32 Å². The number of furan rings is 1. The predicted molar refractivity (Wildman–Crippen MR) is 94.7 cm³/mol. The van der Waals surface area contributed by atoms with Gasteiger partial charge in [-0.15, -0.1) is 0 Å². The number of nitrogens with one attached hydrogen (secondary N) is 1. The Bertz CT molecular complexity index is 718. The van der Waals surface area contributed by atoms with Crippen molar-refractivity contribution in [1.82, 2.24) is 10.2 Å². The van der Waals surface area contributed by atoms with E-state index in [4.69, 9.17) is 4.42 Å². The summed E-state index contributed by atoms with van der Waals surface area (Å²) in [7, 11) is 1.83. The average molecular weight is 326 g/mol. The fourth-order valence-electron chi connectivity index (χ4n) is 3.50. The highest BCUT2D eigenvalue weighted by Gasteiger charge is 2.35. The van der Waals surface area contributed by atoms with Crippen LogP contribution in [0.15, 0.2) is 40.8 Å². The van der Waals surface area contributed by atoms with E-state index in [1.165, 1.54) is 0 Å². The molecule has 24 heavy (non-hydrogen) atoms. The Morgan fingerprint density at radius 1 is 1.33 bits per heavy atom. The van der Waals surface area contributed by atoms with Crippen LogP contribution in [0.4, 0.5) is 4.79 Å². The summed E-state index contributed by atoms with van der Waals surface area (Å²) in [5.41, 5.74) is 2.38. The van der Waals surface area contributed by atoms with Gasteiger partial charge in [-0.25, -0.2) is 4.79 Å². The SMILES string of the molecule is Cc1cc2c(o1)CC(C)(C)CC2NC(=O)N(C)Cc1ccccc1. The van der Waals surface area contributed by atoms with Crippen molar-refractivity contribution in [2.24, 2.45) is 5.41 Å². The minimum Gasteiger partial charge on any atom is -0.466 e. The maximum absolute atomic E-state index is 12.6. The van der Waals surface area contributed by atoms with E-state index >= 15 is 0 Å². The number of nitrogens with zero attached hydrogens (tertiary/aromatic N) is 1. The number of carbonyl (C=O) groups is 1. The fourth-order valence-corrected chi connectivity index (χ4v) is 3.50. The van der Waals surface area contributed by atoms with Gasteiger partial charge in [0.2, 0.25) is 0 Å². The summed E-state index contributed by atoms with van der Waals surface area (Å²) in [6.45, 7) is 7.01. The third-order valence-corrected chi connectivity index (χ3v) is 4.64. The lowest BCUT2D eigenvalue weighted by molar-refractivity contribution is 0.188. The highest BCUT2D eigenvalue weighted by Crippen LogP contribution is 2.42. The van der Waals surface area contributed by atoms with Gasteiger partial charge >= 0.3 is 6.03 Å². The molecule has 0 fully saturated rings. The van der Waals surface area contributed by atoms with Crippen LogP contribution >= 0.6 is 0 Å². The molecule has 0 saturated carbocycles. The number of rotatable bonds is 3. The second-order valence-corrected chi connectivity index (χ2v) is 7.62. The molecule has 1 aromatic heterocycles. The van der Waals surface area contributed by atoms with E-state index in [0.717, 1.165) is 35.5 Å². The first-order valence-electron chi connectivity index (χ1n) is 8.49. The molecule has 4 heteroatoms. The number of benzene rings is 1. The number of amides is 2. The van der Waals surface area contributed by atoms with Crippen LogP contribution in [0, 0.1) is 12.3 Å². The lowest BCUT2D eigenvalue weighted by Crippen LogP contribution is -2.42. The second-order valence-electron chi connectivity index (χ2n) is 7.62. The molecule has 0 radical (unpaired) electrons. The molecule has 0 saturated heterocycles.